The Balaban J connectivity index is 1.40. The first-order valence-corrected chi connectivity index (χ1v) is 9.85. The molecule has 4 rings (SSSR count). The summed E-state index contributed by atoms with van der Waals surface area (Å²) in [6.45, 7) is 2.64. The number of carbonyl (C=O) groups is 1. The van der Waals surface area contributed by atoms with Gasteiger partial charge < -0.3 is 10.0 Å². The van der Waals surface area contributed by atoms with E-state index >= 15 is 0 Å². The van der Waals surface area contributed by atoms with E-state index in [-0.39, 0.29) is 0 Å². The van der Waals surface area contributed by atoms with Crippen LogP contribution in [0.3, 0.4) is 0 Å². The number of carboxylic acid groups (broad SMARTS) is 1. The largest absolute Gasteiger partial charge is 0.465 e. The van der Waals surface area contributed by atoms with Gasteiger partial charge in [-0.3, -0.25) is 4.90 Å². The van der Waals surface area contributed by atoms with Gasteiger partial charge in [0, 0.05) is 29.6 Å². The van der Waals surface area contributed by atoms with Crippen LogP contribution in [-0.2, 0) is 0 Å². The molecular formula is C19H25BrN2O2. The van der Waals surface area contributed by atoms with E-state index < -0.39 is 6.09 Å². The van der Waals surface area contributed by atoms with Gasteiger partial charge in [0.1, 0.15) is 0 Å². The highest BCUT2D eigenvalue weighted by atomic mass is 79.9. The van der Waals surface area contributed by atoms with Crippen LogP contribution in [0.25, 0.3) is 0 Å². The van der Waals surface area contributed by atoms with Gasteiger partial charge in [0.2, 0.25) is 0 Å². The van der Waals surface area contributed by atoms with E-state index in [1.807, 2.05) is 0 Å². The van der Waals surface area contributed by atoms with Crippen LogP contribution in [0.15, 0.2) is 28.7 Å². The molecule has 24 heavy (non-hydrogen) atoms. The van der Waals surface area contributed by atoms with Crippen LogP contribution in [-0.4, -0.2) is 46.7 Å². The predicted octanol–water partition coefficient (Wildman–Crippen LogP) is 4.51. The molecular weight excluding hydrogens is 368 g/mol. The second-order valence-electron chi connectivity index (χ2n) is 7.75. The summed E-state index contributed by atoms with van der Waals surface area (Å²) in [4.78, 5) is 15.4. The molecule has 2 aliphatic heterocycles. The molecule has 2 heterocycles. The van der Waals surface area contributed by atoms with Crippen molar-refractivity contribution in [2.24, 2.45) is 5.41 Å². The van der Waals surface area contributed by atoms with E-state index in [1.165, 1.54) is 42.3 Å². The van der Waals surface area contributed by atoms with E-state index in [9.17, 15) is 4.79 Å². The molecule has 1 aliphatic carbocycles. The molecule has 3 fully saturated rings. The summed E-state index contributed by atoms with van der Waals surface area (Å²) in [5.74, 6) is 0. The summed E-state index contributed by atoms with van der Waals surface area (Å²) in [5.41, 5.74) is 1.84. The number of halogens is 1. The van der Waals surface area contributed by atoms with Crippen LogP contribution in [0.4, 0.5) is 4.79 Å². The quantitative estimate of drug-likeness (QED) is 0.804. The molecule has 1 spiro atoms. The van der Waals surface area contributed by atoms with Gasteiger partial charge >= 0.3 is 6.09 Å². The summed E-state index contributed by atoms with van der Waals surface area (Å²) in [6, 6.07) is 9.85. The second-order valence-corrected chi connectivity index (χ2v) is 8.60. The molecule has 4 nitrogen and oxygen atoms in total. The van der Waals surface area contributed by atoms with Gasteiger partial charge in [-0.15, -0.1) is 0 Å². The number of nitrogens with zero attached hydrogens (tertiary/aromatic N) is 2. The zero-order valence-electron chi connectivity index (χ0n) is 14.0. The molecule has 130 valence electrons. The highest BCUT2D eigenvalue weighted by Crippen LogP contribution is 2.53. The van der Waals surface area contributed by atoms with E-state index in [1.54, 1.807) is 4.90 Å². The number of piperidine rings is 1. The van der Waals surface area contributed by atoms with Crippen molar-refractivity contribution in [3.8, 4) is 0 Å². The van der Waals surface area contributed by atoms with Crippen LogP contribution in [0, 0.1) is 5.41 Å². The van der Waals surface area contributed by atoms with E-state index in [4.69, 9.17) is 5.11 Å². The Morgan fingerprint density at radius 2 is 1.88 bits per heavy atom. The minimum atomic E-state index is -0.755. The maximum atomic E-state index is 11.1. The number of likely N-dealkylation sites (tertiary alicyclic amines) is 2. The fraction of sp³-hybridized carbons (Fsp3) is 0.632. The van der Waals surface area contributed by atoms with Gasteiger partial charge in [0.05, 0.1) is 0 Å². The van der Waals surface area contributed by atoms with Gasteiger partial charge in [-0.2, -0.15) is 0 Å². The first-order valence-electron chi connectivity index (χ1n) is 9.06. The molecule has 3 aliphatic rings. The Morgan fingerprint density at radius 3 is 2.54 bits per heavy atom. The highest BCUT2D eigenvalue weighted by molar-refractivity contribution is 9.10. The smallest absolute Gasteiger partial charge is 0.407 e. The van der Waals surface area contributed by atoms with E-state index in [0.29, 0.717) is 17.5 Å². The molecule has 0 aromatic heterocycles. The lowest BCUT2D eigenvalue weighted by atomic mass is 9.60. The van der Waals surface area contributed by atoms with Gasteiger partial charge in [-0.05, 0) is 62.1 Å². The molecule has 1 aromatic rings. The minimum absolute atomic E-state index is 0.414. The van der Waals surface area contributed by atoms with E-state index in [2.05, 4.69) is 45.1 Å². The third kappa shape index (κ3) is 2.86. The van der Waals surface area contributed by atoms with Crippen molar-refractivity contribution in [3.05, 3.63) is 34.3 Å². The third-order valence-electron chi connectivity index (χ3n) is 6.46. The lowest BCUT2D eigenvalue weighted by Gasteiger charge is -2.55. The van der Waals surface area contributed by atoms with Gasteiger partial charge in [0.25, 0.3) is 0 Å². The summed E-state index contributed by atoms with van der Waals surface area (Å²) < 4.78 is 1.23. The van der Waals surface area contributed by atoms with Crippen LogP contribution in [0.2, 0.25) is 0 Å². The van der Waals surface area contributed by atoms with Gasteiger partial charge in [-0.1, -0.05) is 34.1 Å². The molecule has 1 aromatic carbocycles. The fourth-order valence-electron chi connectivity index (χ4n) is 5.06. The molecule has 0 bridgehead atoms. The molecule has 1 atom stereocenters. The first-order chi connectivity index (χ1) is 11.6. The molecule has 2 saturated heterocycles. The lowest BCUT2D eigenvalue weighted by molar-refractivity contribution is -0.0438. The summed E-state index contributed by atoms with van der Waals surface area (Å²) in [6.07, 6.45) is 6.37. The van der Waals surface area contributed by atoms with E-state index in [0.717, 1.165) is 25.9 Å². The number of hydrogen-bond acceptors (Lipinski definition) is 2. The van der Waals surface area contributed by atoms with Crippen molar-refractivity contribution in [2.75, 3.05) is 19.6 Å². The average Bonchev–Trinajstić information content (AvgIpc) is 3.02. The SMILES string of the molecule is O=C(O)N1CCC2(CC1)CC(N1CCCC1c1ccccc1Br)C2. The number of benzene rings is 1. The average molecular weight is 393 g/mol. The van der Waals surface area contributed by atoms with Gasteiger partial charge in [-0.25, -0.2) is 4.79 Å². The van der Waals surface area contributed by atoms with Crippen LogP contribution >= 0.6 is 15.9 Å². The van der Waals surface area contributed by atoms with Gasteiger partial charge in [0.15, 0.2) is 0 Å². The molecule has 1 unspecified atom stereocenters. The second kappa shape index (κ2) is 6.34. The molecule has 0 radical (unpaired) electrons. The zero-order chi connectivity index (χ0) is 16.7. The highest BCUT2D eigenvalue weighted by Gasteiger charge is 2.50. The fourth-order valence-corrected chi connectivity index (χ4v) is 5.61. The van der Waals surface area contributed by atoms with Crippen molar-refractivity contribution in [1.82, 2.24) is 9.80 Å². The lowest BCUT2D eigenvalue weighted by Crippen LogP contribution is -2.55. The third-order valence-corrected chi connectivity index (χ3v) is 7.18. The summed E-state index contributed by atoms with van der Waals surface area (Å²) in [7, 11) is 0. The monoisotopic (exact) mass is 392 g/mol. The number of amides is 1. The van der Waals surface area contributed by atoms with Crippen molar-refractivity contribution < 1.29 is 9.90 Å². The molecule has 1 saturated carbocycles. The summed E-state index contributed by atoms with van der Waals surface area (Å²) >= 11 is 3.73. The van der Waals surface area contributed by atoms with Crippen molar-refractivity contribution >= 4 is 22.0 Å². The Bertz CT molecular complexity index is 620. The van der Waals surface area contributed by atoms with Crippen LogP contribution in [0.5, 0.6) is 0 Å². The zero-order valence-corrected chi connectivity index (χ0v) is 15.5. The van der Waals surface area contributed by atoms with Crippen molar-refractivity contribution in [2.45, 2.75) is 50.6 Å². The topological polar surface area (TPSA) is 43.8 Å². The molecule has 5 heteroatoms. The minimum Gasteiger partial charge on any atom is -0.465 e. The number of hydrogen-bond donors (Lipinski definition) is 1. The first kappa shape index (κ1) is 16.4. The maximum Gasteiger partial charge on any atom is 0.407 e. The standard InChI is InChI=1S/C19H25BrN2O2/c20-16-5-2-1-4-15(16)17-6-3-9-22(17)14-12-19(13-14)7-10-21(11-8-19)18(23)24/h1-2,4-5,14,17H,3,6-13H2,(H,23,24). The van der Waals surface area contributed by atoms with Crippen molar-refractivity contribution in [1.29, 1.82) is 0 Å². The Hall–Kier alpha value is -1.07. The Morgan fingerprint density at radius 1 is 1.17 bits per heavy atom. The Kier molecular flexibility index (Phi) is 4.33. The maximum absolute atomic E-state index is 11.1. The number of rotatable bonds is 2. The van der Waals surface area contributed by atoms with Crippen LogP contribution < -0.4 is 0 Å². The molecule has 1 N–H and O–H groups in total. The summed E-state index contributed by atoms with van der Waals surface area (Å²) in [5, 5.41) is 9.12. The van der Waals surface area contributed by atoms with Crippen molar-refractivity contribution in [3.63, 3.8) is 0 Å². The Labute approximate surface area is 152 Å². The predicted molar refractivity (Wildman–Crippen MR) is 97.1 cm³/mol. The molecule has 1 amide bonds. The van der Waals surface area contributed by atoms with Crippen LogP contribution in [0.1, 0.15) is 50.1 Å². The normalized spacial score (nSPS) is 27.4.